The minimum Gasteiger partial charge on any atom is -0.397 e. The molecule has 0 saturated carbocycles. The molecule has 1 unspecified atom stereocenters. The number of nitrogens with two attached hydrogens (primary N) is 1. The Bertz CT molecular complexity index is 335. The Labute approximate surface area is 97.0 Å². The van der Waals surface area contributed by atoms with Gasteiger partial charge >= 0.3 is 0 Å². The molecule has 90 valence electrons. The summed E-state index contributed by atoms with van der Waals surface area (Å²) < 4.78 is 13.1. The molecule has 0 aliphatic rings. The van der Waals surface area contributed by atoms with Crippen molar-refractivity contribution in [1.29, 1.82) is 0 Å². The van der Waals surface area contributed by atoms with Crippen LogP contribution in [0.15, 0.2) is 18.2 Å². The Morgan fingerprint density at radius 1 is 1.31 bits per heavy atom. The van der Waals surface area contributed by atoms with Gasteiger partial charge in [-0.2, -0.15) is 0 Å². The maximum absolute atomic E-state index is 13.1. The average Bonchev–Trinajstić information content (AvgIpc) is 2.25. The Balaban J connectivity index is 2.75. The van der Waals surface area contributed by atoms with Gasteiger partial charge < -0.3 is 11.1 Å². The number of nitrogen functional groups attached to an aromatic ring is 1. The first-order valence-electron chi connectivity index (χ1n) is 5.90. The van der Waals surface area contributed by atoms with E-state index >= 15 is 0 Å². The second-order valence-electron chi connectivity index (χ2n) is 4.24. The van der Waals surface area contributed by atoms with E-state index in [0.29, 0.717) is 23.3 Å². The summed E-state index contributed by atoms with van der Waals surface area (Å²) in [5.74, 6) is 0.330. The van der Waals surface area contributed by atoms with Gasteiger partial charge in [0.05, 0.1) is 11.4 Å². The molecule has 0 aromatic heterocycles. The van der Waals surface area contributed by atoms with Gasteiger partial charge in [0.2, 0.25) is 0 Å². The SMILES string of the molecule is CCC(CC)C(C)Nc1cc(F)ccc1N. The molecule has 16 heavy (non-hydrogen) atoms. The Hall–Kier alpha value is -1.25. The van der Waals surface area contributed by atoms with Crippen molar-refractivity contribution >= 4 is 11.4 Å². The van der Waals surface area contributed by atoms with Gasteiger partial charge in [-0.3, -0.25) is 0 Å². The molecular formula is C13H21FN2. The van der Waals surface area contributed by atoms with E-state index in [2.05, 4.69) is 26.1 Å². The lowest BCUT2D eigenvalue weighted by Gasteiger charge is -2.24. The van der Waals surface area contributed by atoms with Crippen molar-refractivity contribution in [1.82, 2.24) is 0 Å². The van der Waals surface area contributed by atoms with Gasteiger partial charge in [0, 0.05) is 6.04 Å². The van der Waals surface area contributed by atoms with Crippen LogP contribution in [0.2, 0.25) is 0 Å². The Morgan fingerprint density at radius 2 is 1.94 bits per heavy atom. The smallest absolute Gasteiger partial charge is 0.125 e. The zero-order chi connectivity index (χ0) is 12.1. The monoisotopic (exact) mass is 224 g/mol. The second kappa shape index (κ2) is 5.73. The van der Waals surface area contributed by atoms with Crippen molar-refractivity contribution < 1.29 is 4.39 Å². The van der Waals surface area contributed by atoms with E-state index in [1.807, 2.05) is 0 Å². The van der Waals surface area contributed by atoms with Gasteiger partial charge in [-0.05, 0) is 31.0 Å². The Morgan fingerprint density at radius 3 is 2.50 bits per heavy atom. The fourth-order valence-corrected chi connectivity index (χ4v) is 2.01. The third-order valence-electron chi connectivity index (χ3n) is 3.15. The largest absolute Gasteiger partial charge is 0.397 e. The third kappa shape index (κ3) is 3.12. The topological polar surface area (TPSA) is 38.0 Å². The van der Waals surface area contributed by atoms with E-state index in [1.54, 1.807) is 6.07 Å². The standard InChI is InChI=1S/C13H21FN2/c1-4-10(5-2)9(3)16-13-8-11(14)6-7-12(13)15/h6-10,16H,4-5,15H2,1-3H3. The van der Waals surface area contributed by atoms with Crippen molar-refractivity contribution in [3.05, 3.63) is 24.0 Å². The molecule has 1 rings (SSSR count). The molecule has 3 heteroatoms. The molecule has 0 radical (unpaired) electrons. The molecule has 0 saturated heterocycles. The van der Waals surface area contributed by atoms with Crippen LogP contribution >= 0.6 is 0 Å². The van der Waals surface area contributed by atoms with Crippen LogP contribution in [0.25, 0.3) is 0 Å². The van der Waals surface area contributed by atoms with Gasteiger partial charge in [-0.1, -0.05) is 26.7 Å². The summed E-state index contributed by atoms with van der Waals surface area (Å²) in [6.07, 6.45) is 2.22. The number of halogens is 1. The maximum Gasteiger partial charge on any atom is 0.125 e. The first kappa shape index (κ1) is 12.8. The molecule has 2 nitrogen and oxygen atoms in total. The van der Waals surface area contributed by atoms with Gasteiger partial charge in [-0.15, -0.1) is 0 Å². The van der Waals surface area contributed by atoms with Crippen LogP contribution in [-0.4, -0.2) is 6.04 Å². The highest BCUT2D eigenvalue weighted by atomic mass is 19.1. The van der Waals surface area contributed by atoms with Gasteiger partial charge in [0.25, 0.3) is 0 Å². The minimum atomic E-state index is -0.256. The molecule has 0 heterocycles. The molecule has 0 bridgehead atoms. The van der Waals surface area contributed by atoms with Crippen molar-refractivity contribution in [2.75, 3.05) is 11.1 Å². The first-order valence-corrected chi connectivity index (χ1v) is 5.90. The fraction of sp³-hybridized carbons (Fsp3) is 0.538. The summed E-state index contributed by atoms with van der Waals surface area (Å²) in [7, 11) is 0. The van der Waals surface area contributed by atoms with Crippen LogP contribution in [0, 0.1) is 11.7 Å². The maximum atomic E-state index is 13.1. The van der Waals surface area contributed by atoms with Gasteiger partial charge in [0.1, 0.15) is 5.82 Å². The highest BCUT2D eigenvalue weighted by Crippen LogP contribution is 2.23. The predicted molar refractivity (Wildman–Crippen MR) is 68.0 cm³/mol. The number of benzene rings is 1. The van der Waals surface area contributed by atoms with E-state index in [4.69, 9.17) is 5.73 Å². The van der Waals surface area contributed by atoms with Crippen LogP contribution in [0.1, 0.15) is 33.6 Å². The van der Waals surface area contributed by atoms with Crippen molar-refractivity contribution in [2.24, 2.45) is 5.92 Å². The molecule has 0 spiro atoms. The quantitative estimate of drug-likeness (QED) is 0.749. The second-order valence-corrected chi connectivity index (χ2v) is 4.24. The normalized spacial score (nSPS) is 12.8. The summed E-state index contributed by atoms with van der Waals surface area (Å²) >= 11 is 0. The lowest BCUT2D eigenvalue weighted by atomic mass is 9.95. The number of hydrogen-bond acceptors (Lipinski definition) is 2. The van der Waals surface area contributed by atoms with Crippen molar-refractivity contribution in [3.63, 3.8) is 0 Å². The van der Waals surface area contributed by atoms with Gasteiger partial charge in [0.15, 0.2) is 0 Å². The lowest BCUT2D eigenvalue weighted by molar-refractivity contribution is 0.438. The van der Waals surface area contributed by atoms with Crippen molar-refractivity contribution in [3.8, 4) is 0 Å². The zero-order valence-corrected chi connectivity index (χ0v) is 10.3. The lowest BCUT2D eigenvalue weighted by Crippen LogP contribution is -2.25. The predicted octanol–water partition coefficient (Wildman–Crippen LogP) is 3.64. The highest BCUT2D eigenvalue weighted by Gasteiger charge is 2.14. The molecule has 1 aromatic rings. The number of rotatable bonds is 5. The van der Waals surface area contributed by atoms with Crippen LogP contribution in [0.4, 0.5) is 15.8 Å². The van der Waals surface area contributed by atoms with Crippen LogP contribution in [0.3, 0.4) is 0 Å². The van der Waals surface area contributed by atoms with Crippen LogP contribution in [-0.2, 0) is 0 Å². The number of anilines is 2. The summed E-state index contributed by atoms with van der Waals surface area (Å²) in [5, 5.41) is 3.29. The Kier molecular flexibility index (Phi) is 4.59. The molecule has 3 N–H and O–H groups in total. The highest BCUT2D eigenvalue weighted by molar-refractivity contribution is 5.66. The van der Waals surface area contributed by atoms with Crippen LogP contribution in [0.5, 0.6) is 0 Å². The summed E-state index contributed by atoms with van der Waals surface area (Å²) in [6.45, 7) is 6.45. The molecule has 1 aromatic carbocycles. The van der Waals surface area contributed by atoms with E-state index in [9.17, 15) is 4.39 Å². The molecular weight excluding hydrogens is 203 g/mol. The zero-order valence-electron chi connectivity index (χ0n) is 10.3. The van der Waals surface area contributed by atoms with E-state index < -0.39 is 0 Å². The summed E-state index contributed by atoms with van der Waals surface area (Å²) in [6, 6.07) is 4.73. The van der Waals surface area contributed by atoms with E-state index in [1.165, 1.54) is 12.1 Å². The molecule has 0 amide bonds. The average molecular weight is 224 g/mol. The third-order valence-corrected chi connectivity index (χ3v) is 3.15. The number of hydrogen-bond donors (Lipinski definition) is 2. The molecule has 1 atom stereocenters. The van der Waals surface area contributed by atoms with E-state index in [-0.39, 0.29) is 5.82 Å². The fourth-order valence-electron chi connectivity index (χ4n) is 2.01. The first-order chi connectivity index (χ1) is 7.58. The van der Waals surface area contributed by atoms with E-state index in [0.717, 1.165) is 12.8 Å². The van der Waals surface area contributed by atoms with Crippen LogP contribution < -0.4 is 11.1 Å². The minimum absolute atomic E-state index is 0.256. The molecule has 0 fully saturated rings. The number of nitrogens with one attached hydrogen (secondary N) is 1. The molecule has 0 aliphatic heterocycles. The van der Waals surface area contributed by atoms with Gasteiger partial charge in [-0.25, -0.2) is 4.39 Å². The summed E-state index contributed by atoms with van der Waals surface area (Å²) in [4.78, 5) is 0. The summed E-state index contributed by atoms with van der Waals surface area (Å²) in [5.41, 5.74) is 7.08. The van der Waals surface area contributed by atoms with Crippen molar-refractivity contribution in [2.45, 2.75) is 39.7 Å². The molecule has 0 aliphatic carbocycles.